The first-order chi connectivity index (χ1) is 10.4. The first kappa shape index (κ1) is 21.8. The highest BCUT2D eigenvalue weighted by atomic mass is 35.5. The molecule has 0 aliphatic carbocycles. The molecule has 2 atom stereocenters. The van der Waals surface area contributed by atoms with Crippen LogP contribution in [0, 0.1) is 0 Å². The molecule has 0 aliphatic heterocycles. The second kappa shape index (κ2) is 10.5. The van der Waals surface area contributed by atoms with Gasteiger partial charge in [-0.3, -0.25) is 4.79 Å². The average molecular weight is 351 g/mol. The maximum Gasteiger partial charge on any atom is 0.275 e. The number of nitrogens with one attached hydrogen (secondary N) is 1. The van der Waals surface area contributed by atoms with E-state index in [2.05, 4.69) is 5.32 Å². The molecule has 4 nitrogen and oxygen atoms in total. The summed E-state index contributed by atoms with van der Waals surface area (Å²) in [4.78, 5) is 12.1. The van der Waals surface area contributed by atoms with Crippen LogP contribution in [0.1, 0.15) is 43.0 Å². The van der Waals surface area contributed by atoms with E-state index < -0.39 is 30.4 Å². The molecule has 1 aromatic carbocycles. The molecule has 4 N–H and O–H groups in total. The smallest absolute Gasteiger partial charge is 0.275 e. The van der Waals surface area contributed by atoms with Crippen molar-refractivity contribution in [2.45, 2.75) is 50.7 Å². The minimum Gasteiger partial charge on any atom is -0.385 e. The van der Waals surface area contributed by atoms with Crippen molar-refractivity contribution < 1.29 is 18.7 Å². The van der Waals surface area contributed by atoms with E-state index in [0.717, 1.165) is 0 Å². The molecule has 0 radical (unpaired) electrons. The topological polar surface area (TPSA) is 75.3 Å². The number of carbonyl (C=O) groups excluding carboxylic acids is 1. The van der Waals surface area contributed by atoms with Gasteiger partial charge in [-0.1, -0.05) is 31.5 Å². The molecule has 132 valence electrons. The van der Waals surface area contributed by atoms with Gasteiger partial charge in [-0.15, -0.1) is 12.4 Å². The van der Waals surface area contributed by atoms with Crippen molar-refractivity contribution in [1.29, 1.82) is 0 Å². The molecule has 0 saturated carbocycles. The Morgan fingerprint density at radius 3 is 2.48 bits per heavy atom. The molecule has 1 rings (SSSR count). The van der Waals surface area contributed by atoms with E-state index in [1.54, 1.807) is 37.3 Å². The summed E-state index contributed by atoms with van der Waals surface area (Å²) < 4.78 is 27.8. The van der Waals surface area contributed by atoms with Crippen molar-refractivity contribution in [3.05, 3.63) is 35.9 Å². The Morgan fingerprint density at radius 2 is 1.96 bits per heavy atom. The van der Waals surface area contributed by atoms with Crippen molar-refractivity contribution in [3.8, 4) is 0 Å². The lowest BCUT2D eigenvalue weighted by Gasteiger charge is -2.30. The molecule has 0 heterocycles. The van der Waals surface area contributed by atoms with Gasteiger partial charge in [0.2, 0.25) is 0 Å². The van der Waals surface area contributed by atoms with Crippen LogP contribution in [0.15, 0.2) is 30.3 Å². The minimum atomic E-state index is -3.24. The Bertz CT molecular complexity index is 461. The Morgan fingerprint density at radius 1 is 1.35 bits per heavy atom. The quantitative estimate of drug-likeness (QED) is 0.641. The van der Waals surface area contributed by atoms with Crippen LogP contribution in [0.5, 0.6) is 0 Å². The molecule has 0 aliphatic rings. The predicted molar refractivity (Wildman–Crippen MR) is 89.1 cm³/mol. The van der Waals surface area contributed by atoms with Crippen LogP contribution in [0.25, 0.3) is 0 Å². The number of aliphatic hydroxyl groups excluding tert-OH is 1. The first-order valence-corrected chi connectivity index (χ1v) is 7.54. The SMILES string of the molecule is CCCC(F)(F)C(O)C(CCCN)NC(=O)c1ccccc1.Cl. The summed E-state index contributed by atoms with van der Waals surface area (Å²) in [6, 6.07) is 7.28. The fourth-order valence-electron chi connectivity index (χ4n) is 2.26. The molecule has 23 heavy (non-hydrogen) atoms. The summed E-state index contributed by atoms with van der Waals surface area (Å²) in [6.07, 6.45) is -1.45. The molecule has 7 heteroatoms. The lowest BCUT2D eigenvalue weighted by atomic mass is 9.96. The van der Waals surface area contributed by atoms with Crippen LogP contribution < -0.4 is 11.1 Å². The van der Waals surface area contributed by atoms with Gasteiger partial charge in [-0.25, -0.2) is 8.78 Å². The molecule has 0 aromatic heterocycles. The van der Waals surface area contributed by atoms with Gasteiger partial charge in [0.1, 0.15) is 6.10 Å². The summed E-state index contributed by atoms with van der Waals surface area (Å²) in [6.45, 7) is 1.93. The number of benzene rings is 1. The normalized spacial score (nSPS) is 13.8. The summed E-state index contributed by atoms with van der Waals surface area (Å²) in [7, 11) is 0. The zero-order valence-electron chi connectivity index (χ0n) is 13.2. The van der Waals surface area contributed by atoms with Crippen molar-refractivity contribution in [1.82, 2.24) is 5.32 Å². The summed E-state index contributed by atoms with van der Waals surface area (Å²) in [5, 5.41) is 12.5. The maximum absolute atomic E-state index is 13.9. The van der Waals surface area contributed by atoms with Gasteiger partial charge in [-0.2, -0.15) is 0 Å². The lowest BCUT2D eigenvalue weighted by molar-refractivity contribution is -0.126. The average Bonchev–Trinajstić information content (AvgIpc) is 2.51. The van der Waals surface area contributed by atoms with Crippen LogP contribution in [0.2, 0.25) is 0 Å². The van der Waals surface area contributed by atoms with E-state index in [1.165, 1.54) is 0 Å². The van der Waals surface area contributed by atoms with Gasteiger partial charge < -0.3 is 16.2 Å². The fourth-order valence-corrected chi connectivity index (χ4v) is 2.26. The molecule has 0 saturated heterocycles. The fraction of sp³-hybridized carbons (Fsp3) is 0.562. The Kier molecular flexibility index (Phi) is 9.95. The van der Waals surface area contributed by atoms with E-state index >= 15 is 0 Å². The largest absolute Gasteiger partial charge is 0.385 e. The zero-order valence-corrected chi connectivity index (χ0v) is 14.0. The van der Waals surface area contributed by atoms with Crippen molar-refractivity contribution in [2.75, 3.05) is 6.54 Å². The van der Waals surface area contributed by atoms with Crippen molar-refractivity contribution >= 4 is 18.3 Å². The van der Waals surface area contributed by atoms with Crippen LogP contribution in [0.4, 0.5) is 8.78 Å². The number of aliphatic hydroxyl groups is 1. The van der Waals surface area contributed by atoms with E-state index in [1.807, 2.05) is 0 Å². The van der Waals surface area contributed by atoms with Crippen LogP contribution in [-0.4, -0.2) is 35.6 Å². The van der Waals surface area contributed by atoms with Gasteiger partial charge >= 0.3 is 0 Å². The number of alkyl halides is 2. The number of nitrogens with two attached hydrogens (primary N) is 1. The number of amides is 1. The van der Waals surface area contributed by atoms with Gasteiger partial charge in [-0.05, 0) is 31.5 Å². The van der Waals surface area contributed by atoms with Crippen LogP contribution >= 0.6 is 12.4 Å². The third kappa shape index (κ3) is 6.81. The van der Waals surface area contributed by atoms with Gasteiger partial charge in [0.15, 0.2) is 0 Å². The summed E-state index contributed by atoms with van der Waals surface area (Å²) >= 11 is 0. The molecule has 2 unspecified atom stereocenters. The predicted octanol–water partition coefficient (Wildman–Crippen LogP) is 2.74. The molecule has 0 spiro atoms. The molecular weight excluding hydrogens is 326 g/mol. The highest BCUT2D eigenvalue weighted by Crippen LogP contribution is 2.28. The highest BCUT2D eigenvalue weighted by molar-refractivity contribution is 5.94. The maximum atomic E-state index is 13.9. The lowest BCUT2D eigenvalue weighted by Crippen LogP contribution is -2.51. The van der Waals surface area contributed by atoms with Gasteiger partial charge in [0.05, 0.1) is 6.04 Å². The van der Waals surface area contributed by atoms with E-state index in [4.69, 9.17) is 5.73 Å². The molecule has 1 amide bonds. The molecule has 1 aromatic rings. The Labute approximate surface area is 141 Å². The minimum absolute atomic E-state index is 0. The van der Waals surface area contributed by atoms with E-state index in [9.17, 15) is 18.7 Å². The first-order valence-electron chi connectivity index (χ1n) is 7.54. The van der Waals surface area contributed by atoms with E-state index in [0.29, 0.717) is 18.5 Å². The van der Waals surface area contributed by atoms with Crippen molar-refractivity contribution in [2.24, 2.45) is 5.73 Å². The van der Waals surface area contributed by atoms with Crippen molar-refractivity contribution in [3.63, 3.8) is 0 Å². The van der Waals surface area contributed by atoms with Gasteiger partial charge in [0, 0.05) is 12.0 Å². The number of hydrogen-bond donors (Lipinski definition) is 3. The molecule has 0 bridgehead atoms. The number of hydrogen-bond acceptors (Lipinski definition) is 3. The standard InChI is InChI=1S/C16H24F2N2O2.ClH/c1-2-10-16(17,18)14(21)13(9-6-11-19)20-15(22)12-7-4-3-5-8-12;/h3-5,7-8,13-14,21H,2,6,9-11,19H2,1H3,(H,20,22);1H. The second-order valence-electron chi connectivity index (χ2n) is 5.33. The highest BCUT2D eigenvalue weighted by Gasteiger charge is 2.42. The van der Waals surface area contributed by atoms with Crippen LogP contribution in [0.3, 0.4) is 0 Å². The van der Waals surface area contributed by atoms with Crippen LogP contribution in [-0.2, 0) is 0 Å². The summed E-state index contributed by atoms with van der Waals surface area (Å²) in [5.41, 5.74) is 5.77. The monoisotopic (exact) mass is 350 g/mol. The Balaban J connectivity index is 0.00000484. The number of halogens is 3. The third-order valence-corrected chi connectivity index (χ3v) is 3.47. The zero-order chi connectivity index (χ0) is 16.6. The van der Waals surface area contributed by atoms with Gasteiger partial charge in [0.25, 0.3) is 11.8 Å². The summed E-state index contributed by atoms with van der Waals surface area (Å²) in [5.74, 6) is -3.72. The number of carbonyl (C=O) groups is 1. The molecular formula is C16H25ClF2N2O2. The third-order valence-electron chi connectivity index (χ3n) is 3.47. The van der Waals surface area contributed by atoms with E-state index in [-0.39, 0.29) is 25.2 Å². The number of rotatable bonds is 9. The molecule has 0 fully saturated rings. The second-order valence-corrected chi connectivity index (χ2v) is 5.33. The Hall–Kier alpha value is -1.24.